The summed E-state index contributed by atoms with van der Waals surface area (Å²) >= 11 is 0. The molecule has 3 rings (SSSR count). The molecule has 2 N–H and O–H groups in total. The third kappa shape index (κ3) is 2.12. The van der Waals surface area contributed by atoms with Gasteiger partial charge in [0.1, 0.15) is 11.3 Å². The second-order valence-electron chi connectivity index (χ2n) is 5.18. The molecule has 3 aromatic rings. The van der Waals surface area contributed by atoms with Crippen molar-refractivity contribution in [2.45, 2.75) is 26.3 Å². The third-order valence-corrected chi connectivity index (χ3v) is 3.78. The predicted octanol–water partition coefficient (Wildman–Crippen LogP) is 4.35. The van der Waals surface area contributed by atoms with Crippen molar-refractivity contribution < 1.29 is 4.42 Å². The Hall–Kier alpha value is -2.06. The van der Waals surface area contributed by atoms with Gasteiger partial charge in [-0.2, -0.15) is 0 Å². The first-order valence-electron chi connectivity index (χ1n) is 7.03. The maximum absolute atomic E-state index is 6.49. The molecule has 0 bridgehead atoms. The van der Waals surface area contributed by atoms with E-state index in [4.69, 9.17) is 10.2 Å². The zero-order chi connectivity index (χ0) is 14.1. The summed E-state index contributed by atoms with van der Waals surface area (Å²) in [6, 6.07) is 16.4. The fraction of sp³-hybridized carbons (Fsp3) is 0.222. The summed E-state index contributed by atoms with van der Waals surface area (Å²) in [5.41, 5.74) is 10.9. The molecule has 2 nitrogen and oxygen atoms in total. The Morgan fingerprint density at radius 1 is 1.05 bits per heavy atom. The molecule has 1 aromatic heterocycles. The summed E-state index contributed by atoms with van der Waals surface area (Å²) in [6.45, 7) is 4.18. The molecule has 0 radical (unpaired) electrons. The molecular formula is C18H19NO. The van der Waals surface area contributed by atoms with E-state index in [0.717, 1.165) is 34.3 Å². The zero-order valence-electron chi connectivity index (χ0n) is 11.9. The van der Waals surface area contributed by atoms with E-state index in [0.29, 0.717) is 0 Å². The van der Waals surface area contributed by atoms with Crippen molar-refractivity contribution in [1.82, 2.24) is 0 Å². The van der Waals surface area contributed by atoms with E-state index in [1.807, 2.05) is 18.2 Å². The van der Waals surface area contributed by atoms with E-state index >= 15 is 0 Å². The maximum atomic E-state index is 6.49. The van der Waals surface area contributed by atoms with Crippen LogP contribution in [0.15, 0.2) is 52.9 Å². The third-order valence-electron chi connectivity index (χ3n) is 3.78. The van der Waals surface area contributed by atoms with Crippen molar-refractivity contribution in [1.29, 1.82) is 0 Å². The van der Waals surface area contributed by atoms with Crippen molar-refractivity contribution in [3.63, 3.8) is 0 Å². The van der Waals surface area contributed by atoms with E-state index < -0.39 is 0 Å². The van der Waals surface area contributed by atoms with Gasteiger partial charge >= 0.3 is 0 Å². The molecule has 0 amide bonds. The molecule has 0 saturated heterocycles. The van der Waals surface area contributed by atoms with Gasteiger partial charge in [0.05, 0.1) is 6.04 Å². The SMILES string of the molecule is CCc1oc2ccccc2c1C(N)c1ccc(C)cc1. The topological polar surface area (TPSA) is 39.2 Å². The van der Waals surface area contributed by atoms with Crippen LogP contribution in [0.5, 0.6) is 0 Å². The highest BCUT2D eigenvalue weighted by Gasteiger charge is 2.19. The van der Waals surface area contributed by atoms with Crippen molar-refractivity contribution in [2.24, 2.45) is 5.73 Å². The lowest BCUT2D eigenvalue weighted by atomic mass is 9.95. The highest BCUT2D eigenvalue weighted by Crippen LogP contribution is 2.33. The lowest BCUT2D eigenvalue weighted by Gasteiger charge is -2.13. The minimum Gasteiger partial charge on any atom is -0.461 e. The molecule has 2 aromatic carbocycles. The smallest absolute Gasteiger partial charge is 0.134 e. The molecule has 1 unspecified atom stereocenters. The molecule has 1 atom stereocenters. The van der Waals surface area contributed by atoms with Gasteiger partial charge in [-0.05, 0) is 18.6 Å². The molecule has 102 valence electrons. The first-order chi connectivity index (χ1) is 9.70. The Morgan fingerprint density at radius 2 is 1.75 bits per heavy atom. The Labute approximate surface area is 119 Å². The van der Waals surface area contributed by atoms with Crippen LogP contribution in [0, 0.1) is 6.92 Å². The van der Waals surface area contributed by atoms with Crippen molar-refractivity contribution >= 4 is 11.0 Å². The normalized spacial score (nSPS) is 12.8. The average Bonchev–Trinajstić information content (AvgIpc) is 2.85. The van der Waals surface area contributed by atoms with Crippen LogP contribution in [0.2, 0.25) is 0 Å². The van der Waals surface area contributed by atoms with E-state index in [-0.39, 0.29) is 6.04 Å². The number of hydrogen-bond acceptors (Lipinski definition) is 2. The monoisotopic (exact) mass is 265 g/mol. The van der Waals surface area contributed by atoms with Gasteiger partial charge in [0, 0.05) is 17.4 Å². The minimum absolute atomic E-state index is 0.144. The molecule has 0 aliphatic rings. The van der Waals surface area contributed by atoms with E-state index in [1.165, 1.54) is 5.56 Å². The van der Waals surface area contributed by atoms with Crippen LogP contribution in [-0.4, -0.2) is 0 Å². The van der Waals surface area contributed by atoms with Gasteiger partial charge in [0.15, 0.2) is 0 Å². The Balaban J connectivity index is 2.15. The number of aryl methyl sites for hydroxylation is 2. The number of nitrogens with two attached hydrogens (primary N) is 1. The summed E-state index contributed by atoms with van der Waals surface area (Å²) in [6.07, 6.45) is 0.851. The van der Waals surface area contributed by atoms with Crippen LogP contribution in [0.25, 0.3) is 11.0 Å². The molecule has 0 saturated carbocycles. The van der Waals surface area contributed by atoms with Gasteiger partial charge < -0.3 is 10.2 Å². The maximum Gasteiger partial charge on any atom is 0.134 e. The molecular weight excluding hydrogens is 246 g/mol. The van der Waals surface area contributed by atoms with Crippen molar-refractivity contribution in [3.05, 3.63) is 71.0 Å². The van der Waals surface area contributed by atoms with Gasteiger partial charge in [-0.3, -0.25) is 0 Å². The van der Waals surface area contributed by atoms with Crippen LogP contribution < -0.4 is 5.73 Å². The minimum atomic E-state index is -0.144. The lowest BCUT2D eigenvalue weighted by molar-refractivity contribution is 0.546. The Kier molecular flexibility index (Phi) is 3.33. The average molecular weight is 265 g/mol. The molecule has 1 heterocycles. The lowest BCUT2D eigenvalue weighted by Crippen LogP contribution is -2.13. The highest BCUT2D eigenvalue weighted by atomic mass is 16.3. The predicted molar refractivity (Wildman–Crippen MR) is 82.8 cm³/mol. The number of fused-ring (bicyclic) bond motifs is 1. The summed E-state index contributed by atoms with van der Waals surface area (Å²) < 4.78 is 5.93. The largest absolute Gasteiger partial charge is 0.461 e. The van der Waals surface area contributed by atoms with Crippen LogP contribution in [-0.2, 0) is 6.42 Å². The van der Waals surface area contributed by atoms with Crippen LogP contribution in [0.1, 0.15) is 35.4 Å². The summed E-state index contributed by atoms with van der Waals surface area (Å²) in [5.74, 6) is 0.985. The quantitative estimate of drug-likeness (QED) is 0.764. The van der Waals surface area contributed by atoms with Crippen LogP contribution in [0.4, 0.5) is 0 Å². The molecule has 0 aliphatic heterocycles. The van der Waals surface area contributed by atoms with E-state index in [1.54, 1.807) is 0 Å². The molecule has 20 heavy (non-hydrogen) atoms. The van der Waals surface area contributed by atoms with E-state index in [9.17, 15) is 0 Å². The number of para-hydroxylation sites is 1. The number of benzene rings is 2. The zero-order valence-corrected chi connectivity index (χ0v) is 11.9. The highest BCUT2D eigenvalue weighted by molar-refractivity contribution is 5.83. The van der Waals surface area contributed by atoms with Gasteiger partial charge in [-0.15, -0.1) is 0 Å². The summed E-state index contributed by atoms with van der Waals surface area (Å²) in [4.78, 5) is 0. The van der Waals surface area contributed by atoms with Crippen LogP contribution in [0.3, 0.4) is 0 Å². The molecule has 0 spiro atoms. The van der Waals surface area contributed by atoms with Crippen molar-refractivity contribution in [2.75, 3.05) is 0 Å². The number of hydrogen-bond donors (Lipinski definition) is 1. The van der Waals surface area contributed by atoms with Crippen molar-refractivity contribution in [3.8, 4) is 0 Å². The fourth-order valence-electron chi connectivity index (χ4n) is 2.66. The first kappa shape index (κ1) is 12.9. The Morgan fingerprint density at radius 3 is 2.45 bits per heavy atom. The second-order valence-corrected chi connectivity index (χ2v) is 5.18. The van der Waals surface area contributed by atoms with Gasteiger partial charge in [0.25, 0.3) is 0 Å². The van der Waals surface area contributed by atoms with Gasteiger partial charge in [0.2, 0.25) is 0 Å². The summed E-state index contributed by atoms with van der Waals surface area (Å²) in [5, 5.41) is 1.12. The second kappa shape index (κ2) is 5.14. The Bertz CT molecular complexity index is 725. The van der Waals surface area contributed by atoms with Gasteiger partial charge in [-0.1, -0.05) is 55.0 Å². The first-order valence-corrected chi connectivity index (χ1v) is 7.03. The molecule has 0 fully saturated rings. The standard InChI is InChI=1S/C18H19NO/c1-3-15-17(14-6-4-5-7-16(14)20-15)18(19)13-10-8-12(2)9-11-13/h4-11,18H,3,19H2,1-2H3. The van der Waals surface area contributed by atoms with E-state index in [2.05, 4.69) is 44.2 Å². The molecule has 2 heteroatoms. The number of furan rings is 1. The molecule has 0 aliphatic carbocycles. The van der Waals surface area contributed by atoms with Crippen LogP contribution >= 0.6 is 0 Å². The fourth-order valence-corrected chi connectivity index (χ4v) is 2.66. The summed E-state index contributed by atoms with van der Waals surface area (Å²) in [7, 11) is 0. The number of rotatable bonds is 3. The van der Waals surface area contributed by atoms with Gasteiger partial charge in [-0.25, -0.2) is 0 Å².